The van der Waals surface area contributed by atoms with E-state index in [0.717, 1.165) is 83.1 Å². The van der Waals surface area contributed by atoms with E-state index in [2.05, 4.69) is 102 Å². The largest absolute Gasteiger partial charge is 0.264 e. The maximum absolute atomic E-state index is 5.12. The second-order valence-corrected chi connectivity index (χ2v) is 13.6. The third kappa shape index (κ3) is 6.25. The van der Waals surface area contributed by atoms with Gasteiger partial charge in [-0.05, 0) is 69.8 Å². The smallest absolute Gasteiger partial charge is 0.164 e. The number of rotatable bonds is 7. The van der Waals surface area contributed by atoms with Crippen LogP contribution in [0.5, 0.6) is 0 Å². The van der Waals surface area contributed by atoms with Crippen LogP contribution >= 0.6 is 0 Å². The summed E-state index contributed by atoms with van der Waals surface area (Å²) < 4.78 is 0. The molecule has 6 nitrogen and oxygen atoms in total. The van der Waals surface area contributed by atoms with Crippen molar-refractivity contribution in [2.45, 2.75) is 0 Å². The first-order valence-electron chi connectivity index (χ1n) is 18.5. The SMILES string of the molecule is c1ccc(-c2nc(-c3ccccc3)nc(-c3cc(-c4ccc(-c5nc6ccncc6c6ncccc56)cc4)cc(-c4ccccc4-c4ccccc4)c3)n2)cc1. The van der Waals surface area contributed by atoms with Crippen molar-refractivity contribution in [3.8, 4) is 78.8 Å². The molecule has 0 atom stereocenters. The van der Waals surface area contributed by atoms with Gasteiger partial charge in [0.2, 0.25) is 0 Å². The molecule has 0 aliphatic heterocycles. The van der Waals surface area contributed by atoms with Crippen LogP contribution in [0.4, 0.5) is 0 Å². The number of benzene rings is 6. The highest BCUT2D eigenvalue weighted by atomic mass is 15.0. The Kier molecular flexibility index (Phi) is 8.39. The van der Waals surface area contributed by atoms with Crippen LogP contribution in [-0.4, -0.2) is 29.9 Å². The van der Waals surface area contributed by atoms with E-state index in [1.165, 1.54) is 0 Å². The van der Waals surface area contributed by atoms with Crippen LogP contribution in [0, 0.1) is 0 Å². The van der Waals surface area contributed by atoms with Gasteiger partial charge in [0.25, 0.3) is 0 Å². The van der Waals surface area contributed by atoms with Crippen LogP contribution < -0.4 is 0 Å². The van der Waals surface area contributed by atoms with Gasteiger partial charge in [-0.25, -0.2) is 19.9 Å². The molecule has 10 aromatic rings. The lowest BCUT2D eigenvalue weighted by atomic mass is 9.90. The molecule has 6 aromatic carbocycles. The molecule has 10 rings (SSSR count). The Morgan fingerprint density at radius 3 is 1.52 bits per heavy atom. The highest BCUT2D eigenvalue weighted by Gasteiger charge is 2.17. The minimum atomic E-state index is 0.600. The topological polar surface area (TPSA) is 77.3 Å². The van der Waals surface area contributed by atoms with E-state index in [-0.39, 0.29) is 0 Å². The van der Waals surface area contributed by atoms with E-state index in [4.69, 9.17) is 24.9 Å². The molecular formula is C50H32N6. The van der Waals surface area contributed by atoms with Gasteiger partial charge in [-0.2, -0.15) is 0 Å². The minimum absolute atomic E-state index is 0.600. The number of hydrogen-bond donors (Lipinski definition) is 0. The van der Waals surface area contributed by atoms with E-state index in [1.807, 2.05) is 91.3 Å². The summed E-state index contributed by atoms with van der Waals surface area (Å²) in [6.45, 7) is 0. The lowest BCUT2D eigenvalue weighted by Gasteiger charge is -2.15. The standard InChI is InChI=1S/C50H32N6/c1-4-13-34(14-5-1)41-19-10-11-20-42(41)39-29-38(33-22-24-35(25-23-33)46-43-21-12-27-52-47(43)44-32-51-28-26-45(44)53-46)30-40(31-39)50-55-48(36-15-6-2-7-16-36)54-49(56-50)37-17-8-3-9-18-37/h1-32H. The van der Waals surface area contributed by atoms with Gasteiger partial charge in [-0.1, -0.05) is 140 Å². The fourth-order valence-electron chi connectivity index (χ4n) is 7.32. The molecule has 0 N–H and O–H groups in total. The van der Waals surface area contributed by atoms with E-state index in [0.29, 0.717) is 17.5 Å². The highest BCUT2D eigenvalue weighted by Crippen LogP contribution is 2.39. The summed E-state index contributed by atoms with van der Waals surface area (Å²) in [4.78, 5) is 29.3. The quantitative estimate of drug-likeness (QED) is 0.153. The van der Waals surface area contributed by atoms with Crippen LogP contribution in [0.15, 0.2) is 195 Å². The molecule has 0 bridgehead atoms. The summed E-state index contributed by atoms with van der Waals surface area (Å²) in [5.74, 6) is 1.84. The summed E-state index contributed by atoms with van der Waals surface area (Å²) in [6.07, 6.45) is 5.43. The average molecular weight is 717 g/mol. The second kappa shape index (κ2) is 14.3. The number of fused-ring (bicyclic) bond motifs is 3. The minimum Gasteiger partial charge on any atom is -0.264 e. The predicted octanol–water partition coefficient (Wildman–Crippen LogP) is 12.0. The Morgan fingerprint density at radius 2 is 0.857 bits per heavy atom. The van der Waals surface area contributed by atoms with Gasteiger partial charge < -0.3 is 0 Å². The number of hydrogen-bond acceptors (Lipinski definition) is 6. The van der Waals surface area contributed by atoms with Crippen LogP contribution in [0.3, 0.4) is 0 Å². The molecule has 0 unspecified atom stereocenters. The van der Waals surface area contributed by atoms with Crippen LogP contribution in [0.1, 0.15) is 0 Å². The van der Waals surface area contributed by atoms with Gasteiger partial charge in [-0.15, -0.1) is 0 Å². The normalized spacial score (nSPS) is 11.2. The van der Waals surface area contributed by atoms with Gasteiger partial charge >= 0.3 is 0 Å². The van der Waals surface area contributed by atoms with Crippen molar-refractivity contribution in [1.82, 2.24) is 29.9 Å². The summed E-state index contributed by atoms with van der Waals surface area (Å²) in [6, 6.07) is 60.5. The lowest BCUT2D eigenvalue weighted by molar-refractivity contribution is 1.07. The van der Waals surface area contributed by atoms with Crippen molar-refractivity contribution >= 4 is 21.8 Å². The monoisotopic (exact) mass is 716 g/mol. The molecule has 6 heteroatoms. The Morgan fingerprint density at radius 1 is 0.321 bits per heavy atom. The maximum Gasteiger partial charge on any atom is 0.164 e. The molecule has 4 heterocycles. The van der Waals surface area contributed by atoms with Crippen LogP contribution in [0.2, 0.25) is 0 Å². The molecule has 0 saturated carbocycles. The number of nitrogens with zero attached hydrogens (tertiary/aromatic N) is 6. The number of aromatic nitrogens is 6. The zero-order valence-electron chi connectivity index (χ0n) is 30.2. The Hall–Kier alpha value is -7.70. The second-order valence-electron chi connectivity index (χ2n) is 13.6. The Labute approximate surface area is 324 Å². The molecule has 0 fully saturated rings. The van der Waals surface area contributed by atoms with E-state index >= 15 is 0 Å². The fraction of sp³-hybridized carbons (Fsp3) is 0. The van der Waals surface area contributed by atoms with Crippen molar-refractivity contribution in [2.75, 3.05) is 0 Å². The third-order valence-corrected chi connectivity index (χ3v) is 10.1. The van der Waals surface area contributed by atoms with Crippen molar-refractivity contribution in [3.63, 3.8) is 0 Å². The molecule has 262 valence electrons. The first-order chi connectivity index (χ1) is 27.7. The Bertz CT molecular complexity index is 2950. The zero-order valence-corrected chi connectivity index (χ0v) is 30.2. The van der Waals surface area contributed by atoms with Crippen LogP contribution in [0.25, 0.3) is 101 Å². The lowest BCUT2D eigenvalue weighted by Crippen LogP contribution is -2.00. The molecule has 0 aliphatic carbocycles. The first kappa shape index (κ1) is 32.9. The molecular weight excluding hydrogens is 685 g/mol. The summed E-state index contributed by atoms with van der Waals surface area (Å²) >= 11 is 0. The predicted molar refractivity (Wildman–Crippen MR) is 226 cm³/mol. The van der Waals surface area contributed by atoms with Crippen molar-refractivity contribution in [2.24, 2.45) is 0 Å². The molecule has 56 heavy (non-hydrogen) atoms. The van der Waals surface area contributed by atoms with E-state index in [9.17, 15) is 0 Å². The fourth-order valence-corrected chi connectivity index (χ4v) is 7.32. The summed E-state index contributed by atoms with van der Waals surface area (Å²) in [7, 11) is 0. The number of pyridine rings is 3. The molecule has 0 spiro atoms. The van der Waals surface area contributed by atoms with Gasteiger partial charge in [0.05, 0.1) is 16.7 Å². The molecule has 4 aromatic heterocycles. The highest BCUT2D eigenvalue weighted by molar-refractivity contribution is 6.08. The molecule has 0 saturated heterocycles. The van der Waals surface area contributed by atoms with Gasteiger partial charge in [0.15, 0.2) is 17.5 Å². The van der Waals surface area contributed by atoms with E-state index in [1.54, 1.807) is 6.20 Å². The summed E-state index contributed by atoms with van der Waals surface area (Å²) in [5, 5.41) is 1.92. The van der Waals surface area contributed by atoms with Gasteiger partial charge in [-0.3, -0.25) is 9.97 Å². The van der Waals surface area contributed by atoms with Crippen LogP contribution in [-0.2, 0) is 0 Å². The van der Waals surface area contributed by atoms with Crippen molar-refractivity contribution < 1.29 is 0 Å². The molecule has 0 radical (unpaired) electrons. The zero-order chi connectivity index (χ0) is 37.3. The average Bonchev–Trinajstić information content (AvgIpc) is 3.29. The first-order valence-corrected chi connectivity index (χ1v) is 18.5. The van der Waals surface area contributed by atoms with E-state index < -0.39 is 0 Å². The van der Waals surface area contributed by atoms with Crippen molar-refractivity contribution in [1.29, 1.82) is 0 Å². The molecule has 0 aliphatic rings. The van der Waals surface area contributed by atoms with Gasteiger partial charge in [0, 0.05) is 51.6 Å². The van der Waals surface area contributed by atoms with Gasteiger partial charge in [0.1, 0.15) is 0 Å². The Balaban J connectivity index is 1.16. The third-order valence-electron chi connectivity index (χ3n) is 10.1. The van der Waals surface area contributed by atoms with Crippen molar-refractivity contribution in [3.05, 3.63) is 195 Å². The summed E-state index contributed by atoms with van der Waals surface area (Å²) in [5.41, 5.74) is 13.0. The molecule has 0 amide bonds. The maximum atomic E-state index is 5.12.